The molecule has 0 heterocycles. The minimum absolute atomic E-state index is 0.0150. The summed E-state index contributed by atoms with van der Waals surface area (Å²) >= 11 is -0.472. The molecule has 0 aromatic rings. The van der Waals surface area contributed by atoms with E-state index in [4.69, 9.17) is 30.3 Å². The van der Waals surface area contributed by atoms with Gasteiger partial charge in [0.15, 0.2) is 0 Å². The second kappa shape index (κ2) is 6.05. The summed E-state index contributed by atoms with van der Waals surface area (Å²) in [6.45, 7) is 0.689. The molecular weight excluding hydrogens is 402 g/mol. The molecule has 5 heteroatoms. The molecule has 1 unspecified atom stereocenters. The Bertz CT molecular complexity index is 174. The van der Waals surface area contributed by atoms with Crippen LogP contribution in [-0.2, 0) is 16.5 Å². The SMILES string of the molecule is NCC1(N)CC2CCC1CC2.[Cl][Pt][Cl]. The average Bonchev–Trinajstić information content (AvgIpc) is 2.20. The van der Waals surface area contributed by atoms with Crippen LogP contribution in [0.25, 0.3) is 0 Å². The molecule has 0 aliphatic heterocycles. The Hall–Kier alpha value is 1.19. The van der Waals surface area contributed by atoms with Gasteiger partial charge in [0.25, 0.3) is 0 Å². The third-order valence-electron chi connectivity index (χ3n) is 3.71. The Kier molecular flexibility index (Phi) is 5.73. The van der Waals surface area contributed by atoms with Crippen molar-refractivity contribution >= 4 is 18.8 Å². The van der Waals surface area contributed by atoms with Crippen molar-refractivity contribution < 1.29 is 16.5 Å². The molecule has 2 bridgehead atoms. The maximum absolute atomic E-state index is 6.22. The fraction of sp³-hybridized carbons (Fsp3) is 1.00. The maximum atomic E-state index is 6.22. The van der Waals surface area contributed by atoms with Crippen molar-refractivity contribution in [3.63, 3.8) is 0 Å². The molecule has 1 atom stereocenters. The van der Waals surface area contributed by atoms with Crippen LogP contribution in [-0.4, -0.2) is 12.1 Å². The van der Waals surface area contributed by atoms with Crippen LogP contribution in [0.4, 0.5) is 0 Å². The molecular formula is C9H18Cl2N2Pt. The monoisotopic (exact) mass is 419 g/mol. The van der Waals surface area contributed by atoms with Crippen LogP contribution < -0.4 is 11.5 Å². The zero-order chi connectivity index (χ0) is 10.6. The van der Waals surface area contributed by atoms with Crippen LogP contribution in [0.15, 0.2) is 0 Å². The summed E-state index contributed by atoms with van der Waals surface area (Å²) in [6, 6.07) is 0. The van der Waals surface area contributed by atoms with E-state index in [9.17, 15) is 0 Å². The third kappa shape index (κ3) is 3.09. The summed E-state index contributed by atoms with van der Waals surface area (Å²) in [5.41, 5.74) is 11.9. The number of hydrogen-bond acceptors (Lipinski definition) is 2. The first-order chi connectivity index (χ1) is 6.66. The van der Waals surface area contributed by atoms with Gasteiger partial charge in [-0.25, -0.2) is 0 Å². The van der Waals surface area contributed by atoms with Gasteiger partial charge in [0, 0.05) is 12.1 Å². The molecule has 3 aliphatic carbocycles. The Morgan fingerprint density at radius 1 is 1.21 bits per heavy atom. The number of fused-ring (bicyclic) bond motifs is 3. The summed E-state index contributed by atoms with van der Waals surface area (Å²) in [5, 5.41) is 0. The van der Waals surface area contributed by atoms with Crippen LogP contribution in [0.1, 0.15) is 32.1 Å². The van der Waals surface area contributed by atoms with Gasteiger partial charge in [0.1, 0.15) is 0 Å². The fourth-order valence-electron chi connectivity index (χ4n) is 2.90. The summed E-state index contributed by atoms with van der Waals surface area (Å²) in [7, 11) is 9.75. The summed E-state index contributed by atoms with van der Waals surface area (Å²) in [5.74, 6) is 1.63. The zero-order valence-corrected chi connectivity index (χ0v) is 11.9. The predicted molar refractivity (Wildman–Crippen MR) is 57.7 cm³/mol. The molecule has 14 heavy (non-hydrogen) atoms. The van der Waals surface area contributed by atoms with Gasteiger partial charge in [-0.05, 0) is 31.1 Å². The average molecular weight is 420 g/mol. The van der Waals surface area contributed by atoms with Crippen molar-refractivity contribution in [2.45, 2.75) is 37.6 Å². The molecule has 0 spiro atoms. The van der Waals surface area contributed by atoms with Gasteiger partial charge in [-0.2, -0.15) is 0 Å². The topological polar surface area (TPSA) is 52.0 Å². The summed E-state index contributed by atoms with van der Waals surface area (Å²) in [6.07, 6.45) is 6.66. The predicted octanol–water partition coefficient (Wildman–Crippen LogP) is 2.23. The van der Waals surface area contributed by atoms with Crippen molar-refractivity contribution in [1.82, 2.24) is 0 Å². The van der Waals surface area contributed by atoms with Crippen LogP contribution >= 0.6 is 18.8 Å². The van der Waals surface area contributed by atoms with E-state index in [2.05, 4.69) is 0 Å². The zero-order valence-electron chi connectivity index (χ0n) is 8.12. The van der Waals surface area contributed by atoms with E-state index in [0.29, 0.717) is 6.54 Å². The van der Waals surface area contributed by atoms with Crippen LogP contribution in [0, 0.1) is 11.8 Å². The fourth-order valence-corrected chi connectivity index (χ4v) is 2.90. The standard InChI is InChI=1S/C9H18N2.2ClH.Pt/c10-6-9(11)5-7-1-3-8(9)4-2-7;;;/h7-8H,1-6,10-11H2;2*1H;/q;;;+2/p-2. The molecule has 3 rings (SSSR count). The quantitative estimate of drug-likeness (QED) is 0.684. The third-order valence-corrected chi connectivity index (χ3v) is 3.71. The minimum atomic E-state index is -0.472. The number of rotatable bonds is 1. The van der Waals surface area contributed by atoms with Gasteiger partial charge < -0.3 is 11.5 Å². The molecule has 0 saturated heterocycles. The van der Waals surface area contributed by atoms with Gasteiger partial charge >= 0.3 is 35.3 Å². The first-order valence-electron chi connectivity index (χ1n) is 4.97. The first-order valence-corrected chi connectivity index (χ1v) is 10.6. The molecule has 0 aromatic carbocycles. The van der Waals surface area contributed by atoms with Crippen LogP contribution in [0.3, 0.4) is 0 Å². The van der Waals surface area contributed by atoms with Crippen molar-refractivity contribution in [2.24, 2.45) is 23.3 Å². The molecule has 3 fully saturated rings. The number of nitrogens with two attached hydrogens (primary N) is 2. The Morgan fingerprint density at radius 3 is 1.93 bits per heavy atom. The molecule has 3 aliphatic rings. The Morgan fingerprint density at radius 2 is 1.71 bits per heavy atom. The second-order valence-electron chi connectivity index (χ2n) is 4.40. The molecule has 3 saturated carbocycles. The van der Waals surface area contributed by atoms with Crippen LogP contribution in [0.5, 0.6) is 0 Å². The van der Waals surface area contributed by atoms with E-state index in [0.717, 1.165) is 11.8 Å². The van der Waals surface area contributed by atoms with E-state index < -0.39 is 16.5 Å². The van der Waals surface area contributed by atoms with Gasteiger partial charge in [0.05, 0.1) is 0 Å². The molecule has 88 valence electrons. The van der Waals surface area contributed by atoms with E-state index in [-0.39, 0.29) is 5.54 Å². The summed E-state index contributed by atoms with van der Waals surface area (Å²) < 4.78 is 0. The molecule has 0 radical (unpaired) electrons. The molecule has 0 amide bonds. The van der Waals surface area contributed by atoms with Gasteiger partial charge in [-0.1, -0.05) is 12.8 Å². The second-order valence-corrected chi connectivity index (χ2v) is 7.69. The van der Waals surface area contributed by atoms with Gasteiger partial charge in [-0.15, -0.1) is 0 Å². The van der Waals surface area contributed by atoms with E-state index >= 15 is 0 Å². The van der Waals surface area contributed by atoms with Crippen LogP contribution in [0.2, 0.25) is 0 Å². The molecule has 0 aromatic heterocycles. The van der Waals surface area contributed by atoms with Gasteiger partial charge in [-0.3, -0.25) is 0 Å². The van der Waals surface area contributed by atoms with E-state index in [1.807, 2.05) is 0 Å². The van der Waals surface area contributed by atoms with Gasteiger partial charge in [0.2, 0.25) is 0 Å². The normalized spacial score (nSPS) is 40.6. The van der Waals surface area contributed by atoms with Crippen molar-refractivity contribution in [3.8, 4) is 0 Å². The molecule has 4 N–H and O–H groups in total. The Labute approximate surface area is 102 Å². The van der Waals surface area contributed by atoms with E-state index in [1.54, 1.807) is 0 Å². The summed E-state index contributed by atoms with van der Waals surface area (Å²) in [4.78, 5) is 0. The number of hydrogen-bond donors (Lipinski definition) is 2. The van der Waals surface area contributed by atoms with Crippen molar-refractivity contribution in [1.29, 1.82) is 0 Å². The first kappa shape index (κ1) is 13.3. The van der Waals surface area contributed by atoms with Crippen molar-refractivity contribution in [3.05, 3.63) is 0 Å². The Balaban J connectivity index is 0.000000293. The number of halogens is 2. The molecule has 2 nitrogen and oxygen atoms in total. The van der Waals surface area contributed by atoms with Crippen molar-refractivity contribution in [2.75, 3.05) is 6.54 Å². The van der Waals surface area contributed by atoms with E-state index in [1.165, 1.54) is 32.1 Å².